The van der Waals surface area contributed by atoms with E-state index in [2.05, 4.69) is 22.0 Å². The van der Waals surface area contributed by atoms with Crippen molar-refractivity contribution in [3.05, 3.63) is 47.9 Å². The topological polar surface area (TPSA) is 126 Å². The molecule has 0 aliphatic carbocycles. The number of aliphatic hydroxyl groups is 1. The Morgan fingerprint density at radius 2 is 2.25 bits per heavy atom. The van der Waals surface area contributed by atoms with Crippen molar-refractivity contribution in [2.75, 3.05) is 11.9 Å². The van der Waals surface area contributed by atoms with Crippen molar-refractivity contribution in [3.63, 3.8) is 0 Å². The number of nitrogens with one attached hydrogen (secondary N) is 1. The summed E-state index contributed by atoms with van der Waals surface area (Å²) in [6.45, 7) is 3.94. The maximum Gasteiger partial charge on any atom is 0.229 e. The van der Waals surface area contributed by atoms with Gasteiger partial charge in [-0.15, -0.1) is 0 Å². The van der Waals surface area contributed by atoms with Crippen LogP contribution in [0.4, 0.5) is 5.95 Å². The molecule has 1 aromatic heterocycles. The van der Waals surface area contributed by atoms with Crippen LogP contribution in [0.2, 0.25) is 0 Å². The number of amides is 1. The summed E-state index contributed by atoms with van der Waals surface area (Å²) in [4.78, 5) is 16.4. The first-order valence-electron chi connectivity index (χ1n) is 7.61. The molecule has 0 bridgehead atoms. The number of hydrogen-bond acceptors (Lipinski definition) is 6. The van der Waals surface area contributed by atoms with E-state index in [1.54, 1.807) is 28.9 Å². The van der Waals surface area contributed by atoms with E-state index in [1.165, 1.54) is 0 Å². The summed E-state index contributed by atoms with van der Waals surface area (Å²) in [7, 11) is 0. The fourth-order valence-electron chi connectivity index (χ4n) is 2.91. The van der Waals surface area contributed by atoms with Gasteiger partial charge < -0.3 is 21.3 Å². The fourth-order valence-corrected chi connectivity index (χ4v) is 2.91. The van der Waals surface area contributed by atoms with Crippen molar-refractivity contribution in [1.29, 1.82) is 0 Å². The number of carbonyl (C=O) groups excluding carboxylic acids is 1. The highest BCUT2D eigenvalue weighted by Crippen LogP contribution is 2.38. The smallest absolute Gasteiger partial charge is 0.229 e. The van der Waals surface area contributed by atoms with Crippen LogP contribution in [0.25, 0.3) is 0 Å². The molecule has 0 unspecified atom stereocenters. The van der Waals surface area contributed by atoms with Gasteiger partial charge in [-0.3, -0.25) is 4.79 Å². The van der Waals surface area contributed by atoms with Crippen LogP contribution in [0, 0.1) is 5.92 Å². The molecule has 8 nitrogen and oxygen atoms in total. The first-order chi connectivity index (χ1) is 11.5. The zero-order valence-electron chi connectivity index (χ0n) is 13.0. The van der Waals surface area contributed by atoms with Crippen molar-refractivity contribution in [1.82, 2.24) is 14.8 Å². The molecule has 8 heteroatoms. The molecule has 0 spiro atoms. The highest BCUT2D eigenvalue weighted by Gasteiger charge is 2.39. The average molecular weight is 329 g/mol. The normalized spacial score (nSPS) is 19.6. The second-order valence-corrected chi connectivity index (χ2v) is 5.69. The molecular formula is C16H19N5O3. The van der Waals surface area contributed by atoms with Gasteiger partial charge in [-0.1, -0.05) is 18.7 Å². The molecule has 1 aromatic carbocycles. The fraction of sp³-hybridized carbons (Fsp3) is 0.312. The largest absolute Gasteiger partial charge is 0.508 e. The number of benzene rings is 1. The van der Waals surface area contributed by atoms with E-state index in [1.807, 2.05) is 0 Å². The number of nitrogens with two attached hydrogens (primary N) is 1. The van der Waals surface area contributed by atoms with Gasteiger partial charge in [-0.05, 0) is 24.1 Å². The number of rotatable bonds is 5. The molecule has 1 aliphatic rings. The summed E-state index contributed by atoms with van der Waals surface area (Å²) in [5, 5.41) is 26.2. The van der Waals surface area contributed by atoms with E-state index in [4.69, 9.17) is 10.8 Å². The van der Waals surface area contributed by atoms with Crippen LogP contribution in [0.5, 0.6) is 5.75 Å². The Morgan fingerprint density at radius 3 is 2.92 bits per heavy atom. The number of fused-ring (bicyclic) bond motifs is 1. The Balaban J connectivity index is 2.09. The van der Waals surface area contributed by atoms with E-state index < -0.39 is 17.9 Å². The number of nitrogens with zero attached hydrogens (tertiary/aromatic N) is 3. The van der Waals surface area contributed by atoms with Gasteiger partial charge >= 0.3 is 0 Å². The Labute approximate surface area is 138 Å². The minimum absolute atomic E-state index is 0.0455. The lowest BCUT2D eigenvalue weighted by Gasteiger charge is -2.32. The first kappa shape index (κ1) is 16.0. The Kier molecular flexibility index (Phi) is 4.22. The standard InChI is InChI=1S/C16H19N5O3/c1-9-13(15(17)24)14(10-4-2-5-11(23)8-10)21-16(18-9)19-12(20-21)6-3-7-22/h2,4-5,8,13-14,22-23H,1,3,6-7H2,(H2,17,24)(H,18,19,20)/t13-,14-/m1/s1. The van der Waals surface area contributed by atoms with Crippen LogP contribution < -0.4 is 11.1 Å². The lowest BCUT2D eigenvalue weighted by atomic mass is 9.88. The van der Waals surface area contributed by atoms with E-state index in [9.17, 15) is 9.90 Å². The Bertz CT molecular complexity index is 786. The zero-order valence-corrected chi connectivity index (χ0v) is 13.0. The summed E-state index contributed by atoms with van der Waals surface area (Å²) >= 11 is 0. The van der Waals surface area contributed by atoms with Crippen LogP contribution in [0.3, 0.4) is 0 Å². The van der Waals surface area contributed by atoms with Gasteiger partial charge in [-0.25, -0.2) is 4.68 Å². The second-order valence-electron chi connectivity index (χ2n) is 5.69. The molecule has 1 aliphatic heterocycles. The number of anilines is 1. The number of aliphatic hydroxyl groups excluding tert-OH is 1. The van der Waals surface area contributed by atoms with Gasteiger partial charge in [0.25, 0.3) is 0 Å². The third kappa shape index (κ3) is 2.83. The monoisotopic (exact) mass is 329 g/mol. The number of aromatic nitrogens is 3. The molecule has 24 heavy (non-hydrogen) atoms. The molecular weight excluding hydrogens is 310 g/mol. The number of phenols is 1. The number of phenolic OH excluding ortho intramolecular Hbond substituents is 1. The van der Waals surface area contributed by atoms with E-state index in [0.717, 1.165) is 0 Å². The quantitative estimate of drug-likeness (QED) is 0.634. The van der Waals surface area contributed by atoms with Gasteiger partial charge in [0, 0.05) is 18.7 Å². The van der Waals surface area contributed by atoms with Crippen LogP contribution in [-0.4, -0.2) is 37.5 Å². The van der Waals surface area contributed by atoms with Crippen LogP contribution in [0.1, 0.15) is 23.9 Å². The number of aromatic hydroxyl groups is 1. The highest BCUT2D eigenvalue weighted by molar-refractivity contribution is 5.82. The second kappa shape index (κ2) is 6.32. The Hall–Kier alpha value is -2.87. The molecule has 5 N–H and O–H groups in total. The molecule has 2 aromatic rings. The van der Waals surface area contributed by atoms with Crippen molar-refractivity contribution in [3.8, 4) is 5.75 Å². The summed E-state index contributed by atoms with van der Waals surface area (Å²) in [6, 6.07) is 6.05. The van der Waals surface area contributed by atoms with E-state index in [-0.39, 0.29) is 12.4 Å². The number of hydrogen-bond donors (Lipinski definition) is 4. The van der Waals surface area contributed by atoms with Crippen molar-refractivity contribution in [2.24, 2.45) is 11.7 Å². The third-order valence-corrected chi connectivity index (χ3v) is 3.98. The van der Waals surface area contributed by atoms with Crippen LogP contribution in [-0.2, 0) is 11.2 Å². The van der Waals surface area contributed by atoms with Crippen molar-refractivity contribution < 1.29 is 15.0 Å². The summed E-state index contributed by atoms with van der Waals surface area (Å²) in [6.07, 6.45) is 1.05. The molecule has 3 rings (SSSR count). The first-order valence-corrected chi connectivity index (χ1v) is 7.61. The lowest BCUT2D eigenvalue weighted by Crippen LogP contribution is -2.40. The summed E-state index contributed by atoms with van der Waals surface area (Å²) in [5.74, 6) is -0.180. The maximum atomic E-state index is 12.0. The average Bonchev–Trinajstić information content (AvgIpc) is 2.93. The molecule has 0 fully saturated rings. The predicted molar refractivity (Wildman–Crippen MR) is 87.1 cm³/mol. The number of carbonyl (C=O) groups is 1. The molecule has 0 radical (unpaired) electrons. The van der Waals surface area contributed by atoms with Crippen molar-refractivity contribution in [2.45, 2.75) is 18.9 Å². The van der Waals surface area contributed by atoms with E-state index >= 15 is 0 Å². The number of aryl methyl sites for hydroxylation is 1. The molecule has 126 valence electrons. The highest BCUT2D eigenvalue weighted by atomic mass is 16.3. The Morgan fingerprint density at radius 1 is 1.46 bits per heavy atom. The predicted octanol–water partition coefficient (Wildman–Crippen LogP) is 0.539. The maximum absolute atomic E-state index is 12.0. The molecule has 2 heterocycles. The lowest BCUT2D eigenvalue weighted by molar-refractivity contribution is -0.121. The molecule has 1 amide bonds. The van der Waals surface area contributed by atoms with Crippen LogP contribution in [0.15, 0.2) is 36.5 Å². The molecule has 0 saturated carbocycles. The van der Waals surface area contributed by atoms with Gasteiger partial charge in [-0.2, -0.15) is 10.1 Å². The third-order valence-electron chi connectivity index (χ3n) is 3.98. The van der Waals surface area contributed by atoms with Gasteiger partial charge in [0.05, 0.1) is 6.04 Å². The van der Waals surface area contributed by atoms with E-state index in [0.29, 0.717) is 35.9 Å². The number of primary amides is 1. The van der Waals surface area contributed by atoms with Gasteiger partial charge in [0.15, 0.2) is 5.82 Å². The van der Waals surface area contributed by atoms with Crippen LogP contribution >= 0.6 is 0 Å². The summed E-state index contributed by atoms with van der Waals surface area (Å²) in [5.41, 5.74) is 6.69. The minimum Gasteiger partial charge on any atom is -0.508 e. The minimum atomic E-state index is -0.730. The molecule has 0 saturated heterocycles. The zero-order chi connectivity index (χ0) is 17.3. The van der Waals surface area contributed by atoms with Gasteiger partial charge in [0.1, 0.15) is 11.7 Å². The molecule has 2 atom stereocenters. The summed E-state index contributed by atoms with van der Waals surface area (Å²) < 4.78 is 1.59. The van der Waals surface area contributed by atoms with Crippen molar-refractivity contribution >= 4 is 11.9 Å². The SMILES string of the molecule is C=C1Nc2nc(CCCO)nn2[C@H](c2cccc(O)c2)[C@@H]1C(N)=O. The van der Waals surface area contributed by atoms with Gasteiger partial charge in [0.2, 0.25) is 11.9 Å².